The average Bonchev–Trinajstić information content (AvgIpc) is 2.72. The lowest BCUT2D eigenvalue weighted by atomic mass is 10.1. The van der Waals surface area contributed by atoms with Crippen molar-refractivity contribution in [2.45, 2.75) is 6.92 Å². The van der Waals surface area contributed by atoms with Crippen LogP contribution in [-0.2, 0) is 9.53 Å². The monoisotopic (exact) mass is 460 g/mol. The summed E-state index contributed by atoms with van der Waals surface area (Å²) in [6.07, 6.45) is 1.65. The fourth-order valence-corrected chi connectivity index (χ4v) is 3.41. The Morgan fingerprint density at radius 3 is 2.72 bits per heavy atom. The second-order valence-corrected chi connectivity index (χ2v) is 7.34. The van der Waals surface area contributed by atoms with Gasteiger partial charge in [0.25, 0.3) is 5.91 Å². The van der Waals surface area contributed by atoms with Gasteiger partial charge >= 0.3 is 5.97 Å². The van der Waals surface area contributed by atoms with Crippen LogP contribution in [0, 0.1) is 6.92 Å². The number of morpholine rings is 1. The van der Waals surface area contributed by atoms with Gasteiger partial charge in [0, 0.05) is 19.3 Å². The number of benzene rings is 2. The molecular weight excluding hydrogens is 440 g/mol. The first-order valence-corrected chi connectivity index (χ1v) is 9.90. The highest BCUT2D eigenvalue weighted by Crippen LogP contribution is 2.27. The molecule has 2 aromatic rings. The molecule has 8 heteroatoms. The van der Waals surface area contributed by atoms with Crippen LogP contribution in [0.1, 0.15) is 21.5 Å². The minimum absolute atomic E-state index is 0.0345. The zero-order valence-corrected chi connectivity index (χ0v) is 17.5. The number of carboxylic acids is 1. The van der Waals surface area contributed by atoms with Crippen LogP contribution in [0.4, 0.5) is 5.69 Å². The van der Waals surface area contributed by atoms with Gasteiger partial charge in [-0.05, 0) is 64.3 Å². The van der Waals surface area contributed by atoms with E-state index < -0.39 is 5.97 Å². The van der Waals surface area contributed by atoms with E-state index >= 15 is 0 Å². The van der Waals surface area contributed by atoms with Crippen LogP contribution in [0.15, 0.2) is 45.9 Å². The van der Waals surface area contributed by atoms with Crippen molar-refractivity contribution < 1.29 is 24.2 Å². The number of hydrogen-bond acceptors (Lipinski definition) is 5. The fraction of sp³-hybridized carbons (Fsp3) is 0.286. The summed E-state index contributed by atoms with van der Waals surface area (Å²) < 4.78 is 11.6. The third-order valence-electron chi connectivity index (χ3n) is 4.56. The van der Waals surface area contributed by atoms with Gasteiger partial charge in [-0.1, -0.05) is 6.07 Å². The van der Waals surface area contributed by atoms with Gasteiger partial charge in [0.05, 0.1) is 28.9 Å². The summed E-state index contributed by atoms with van der Waals surface area (Å²) in [7, 11) is 0. The van der Waals surface area contributed by atoms with Gasteiger partial charge in [-0.25, -0.2) is 4.79 Å². The second-order valence-electron chi connectivity index (χ2n) is 6.48. The number of amides is 1. The van der Waals surface area contributed by atoms with Gasteiger partial charge in [-0.3, -0.25) is 9.79 Å². The Kier molecular flexibility index (Phi) is 7.00. The van der Waals surface area contributed by atoms with Crippen molar-refractivity contribution in [3.8, 4) is 5.75 Å². The van der Waals surface area contributed by atoms with Gasteiger partial charge < -0.3 is 19.5 Å². The van der Waals surface area contributed by atoms with Crippen molar-refractivity contribution in [3.05, 3.63) is 57.6 Å². The maximum absolute atomic E-state index is 12.2. The number of carbonyl (C=O) groups is 2. The van der Waals surface area contributed by atoms with Crippen molar-refractivity contribution in [2.75, 3.05) is 32.9 Å². The Morgan fingerprint density at radius 2 is 2.03 bits per heavy atom. The van der Waals surface area contributed by atoms with Crippen LogP contribution in [0.25, 0.3) is 0 Å². The number of rotatable bonds is 6. The summed E-state index contributed by atoms with van der Waals surface area (Å²) in [6.45, 7) is 3.97. The zero-order chi connectivity index (χ0) is 20.8. The quantitative estimate of drug-likeness (QED) is 0.666. The van der Waals surface area contributed by atoms with E-state index in [-0.39, 0.29) is 18.1 Å². The number of aliphatic imine (C=N–C) groups is 1. The van der Waals surface area contributed by atoms with E-state index in [1.807, 2.05) is 12.1 Å². The highest BCUT2D eigenvalue weighted by atomic mass is 79.9. The Morgan fingerprint density at radius 1 is 1.28 bits per heavy atom. The molecule has 0 atom stereocenters. The van der Waals surface area contributed by atoms with Crippen molar-refractivity contribution >= 4 is 39.7 Å². The Hall–Kier alpha value is -2.71. The number of carbonyl (C=O) groups excluding carboxylic acids is 1. The maximum atomic E-state index is 12.2. The van der Waals surface area contributed by atoms with Crippen molar-refractivity contribution in [3.63, 3.8) is 0 Å². The lowest BCUT2D eigenvalue weighted by Crippen LogP contribution is -2.43. The summed E-state index contributed by atoms with van der Waals surface area (Å²) in [5.41, 5.74) is 2.24. The molecule has 152 valence electrons. The largest absolute Gasteiger partial charge is 0.483 e. The molecule has 0 saturated carbocycles. The third-order valence-corrected chi connectivity index (χ3v) is 5.18. The minimum atomic E-state index is -0.976. The first-order chi connectivity index (χ1) is 14.0. The summed E-state index contributed by atoms with van der Waals surface area (Å²) in [6, 6.07) is 10.4. The summed E-state index contributed by atoms with van der Waals surface area (Å²) >= 11 is 3.46. The summed E-state index contributed by atoms with van der Waals surface area (Å²) in [5, 5.41) is 9.21. The van der Waals surface area contributed by atoms with Crippen LogP contribution >= 0.6 is 15.9 Å². The van der Waals surface area contributed by atoms with Gasteiger partial charge in [-0.2, -0.15) is 0 Å². The molecule has 0 spiro atoms. The Bertz CT molecular complexity index is 939. The number of ether oxygens (including phenoxy) is 2. The molecule has 1 heterocycles. The van der Waals surface area contributed by atoms with Crippen molar-refractivity contribution in [1.82, 2.24) is 4.90 Å². The maximum Gasteiger partial charge on any atom is 0.336 e. The van der Waals surface area contributed by atoms with E-state index in [0.717, 1.165) is 5.56 Å². The van der Waals surface area contributed by atoms with Crippen molar-refractivity contribution in [1.29, 1.82) is 0 Å². The SMILES string of the molecule is Cc1c(N=Cc2ccc(OCC(=O)N3CCOCC3)c(Br)c2)cccc1C(=O)O. The predicted molar refractivity (Wildman–Crippen MR) is 112 cm³/mol. The molecule has 29 heavy (non-hydrogen) atoms. The van der Waals surface area contributed by atoms with E-state index in [4.69, 9.17) is 9.47 Å². The van der Waals surface area contributed by atoms with E-state index in [9.17, 15) is 14.7 Å². The number of carboxylic acid groups (broad SMARTS) is 1. The van der Waals surface area contributed by atoms with Gasteiger partial charge in [-0.15, -0.1) is 0 Å². The highest BCUT2D eigenvalue weighted by Gasteiger charge is 2.17. The second kappa shape index (κ2) is 9.67. The van der Waals surface area contributed by atoms with Gasteiger partial charge in [0.1, 0.15) is 5.75 Å². The molecule has 7 nitrogen and oxygen atoms in total. The van der Waals surface area contributed by atoms with Crippen LogP contribution < -0.4 is 4.74 Å². The molecule has 0 bridgehead atoms. The van der Waals surface area contributed by atoms with E-state index in [1.165, 1.54) is 0 Å². The summed E-state index contributed by atoms with van der Waals surface area (Å²) in [5.74, 6) is -0.483. The van der Waals surface area contributed by atoms with Gasteiger partial charge in [0.15, 0.2) is 6.61 Å². The molecule has 0 aromatic heterocycles. The molecule has 0 radical (unpaired) electrons. The smallest absolute Gasteiger partial charge is 0.336 e. The highest BCUT2D eigenvalue weighted by molar-refractivity contribution is 9.10. The first kappa shape index (κ1) is 21.0. The number of hydrogen-bond donors (Lipinski definition) is 1. The molecular formula is C21H21BrN2O5. The van der Waals surface area contributed by atoms with Crippen LogP contribution in [0.3, 0.4) is 0 Å². The molecule has 2 aromatic carbocycles. The summed E-state index contributed by atoms with van der Waals surface area (Å²) in [4.78, 5) is 29.5. The number of nitrogens with zero attached hydrogens (tertiary/aromatic N) is 2. The van der Waals surface area contributed by atoms with E-state index in [2.05, 4.69) is 20.9 Å². The molecule has 0 aliphatic carbocycles. The lowest BCUT2D eigenvalue weighted by molar-refractivity contribution is -0.137. The molecule has 1 aliphatic rings. The third kappa shape index (κ3) is 5.42. The molecule has 1 saturated heterocycles. The molecule has 1 fully saturated rings. The lowest BCUT2D eigenvalue weighted by Gasteiger charge is -2.26. The van der Waals surface area contributed by atoms with E-state index in [1.54, 1.807) is 42.3 Å². The van der Waals surface area contributed by atoms with Crippen molar-refractivity contribution in [2.24, 2.45) is 4.99 Å². The Balaban J connectivity index is 1.65. The molecule has 1 aliphatic heterocycles. The fourth-order valence-electron chi connectivity index (χ4n) is 2.90. The zero-order valence-electron chi connectivity index (χ0n) is 15.9. The number of aromatic carboxylic acids is 1. The topological polar surface area (TPSA) is 88.4 Å². The molecule has 0 unspecified atom stereocenters. The molecule has 1 N–H and O–H groups in total. The Labute approximate surface area is 177 Å². The normalized spacial score (nSPS) is 14.2. The standard InChI is InChI=1S/C21H21BrN2O5/c1-14-16(21(26)27)3-2-4-18(14)23-12-15-5-6-19(17(22)11-15)29-13-20(25)24-7-9-28-10-8-24/h2-6,11-12H,7-10,13H2,1H3,(H,26,27). The predicted octanol–water partition coefficient (Wildman–Crippen LogP) is 3.44. The van der Waals surface area contributed by atoms with E-state index in [0.29, 0.717) is 47.8 Å². The molecule has 1 amide bonds. The van der Waals surface area contributed by atoms with Crippen LogP contribution in [0.2, 0.25) is 0 Å². The van der Waals surface area contributed by atoms with Crippen LogP contribution in [0.5, 0.6) is 5.75 Å². The van der Waals surface area contributed by atoms with Crippen LogP contribution in [-0.4, -0.2) is 61.0 Å². The number of halogens is 1. The average molecular weight is 461 g/mol. The first-order valence-electron chi connectivity index (χ1n) is 9.10. The molecule has 3 rings (SSSR count). The van der Waals surface area contributed by atoms with Gasteiger partial charge in [0.2, 0.25) is 0 Å². The minimum Gasteiger partial charge on any atom is -0.483 e.